The van der Waals surface area contributed by atoms with E-state index in [2.05, 4.69) is 20.7 Å². The molecule has 0 aliphatic carbocycles. The number of hydrogen-bond donors (Lipinski definition) is 1. The number of methoxy groups -OCH3 is 2. The Morgan fingerprint density at radius 1 is 1.05 bits per heavy atom. The Labute approximate surface area is 230 Å². The lowest BCUT2D eigenvalue weighted by atomic mass is 10.1. The topological polar surface area (TPSA) is 125 Å². The number of anilines is 1. The van der Waals surface area contributed by atoms with E-state index in [0.717, 1.165) is 4.80 Å². The van der Waals surface area contributed by atoms with Gasteiger partial charge in [-0.2, -0.15) is 4.80 Å². The van der Waals surface area contributed by atoms with Crippen LogP contribution in [0.5, 0.6) is 11.5 Å². The highest BCUT2D eigenvalue weighted by molar-refractivity contribution is 6.01. The van der Waals surface area contributed by atoms with Gasteiger partial charge >= 0.3 is 0 Å². The largest absolute Gasteiger partial charge is 0.493 e. The number of benzene rings is 2. The Morgan fingerprint density at radius 3 is 2.35 bits per heavy atom. The smallest absolute Gasteiger partial charge is 0.251 e. The fourth-order valence-corrected chi connectivity index (χ4v) is 4.05. The van der Waals surface area contributed by atoms with Crippen LogP contribution in [-0.4, -0.2) is 51.8 Å². The monoisotopic (exact) mass is 550 g/mol. The van der Waals surface area contributed by atoms with Crippen LogP contribution in [0.1, 0.15) is 38.3 Å². The lowest BCUT2D eigenvalue weighted by Crippen LogP contribution is -2.50. The molecule has 0 aliphatic rings. The van der Waals surface area contributed by atoms with E-state index in [1.54, 1.807) is 37.3 Å². The number of carbonyl (C=O) groups is 2. The van der Waals surface area contributed by atoms with Gasteiger partial charge < -0.3 is 19.2 Å². The summed E-state index contributed by atoms with van der Waals surface area (Å²) in [6.07, 6.45) is 0. The van der Waals surface area contributed by atoms with Gasteiger partial charge in [0.2, 0.25) is 5.82 Å². The molecule has 0 bridgehead atoms. The fourth-order valence-electron chi connectivity index (χ4n) is 4.05. The average Bonchev–Trinajstić information content (AvgIpc) is 3.54. The van der Waals surface area contributed by atoms with E-state index in [4.69, 9.17) is 13.9 Å². The predicted octanol–water partition coefficient (Wildman–Crippen LogP) is 4.09. The fraction of sp³-hybridized carbons (Fsp3) is 0.321. The third-order valence-corrected chi connectivity index (χ3v) is 5.78. The second-order valence-corrected chi connectivity index (χ2v) is 10.0. The van der Waals surface area contributed by atoms with E-state index in [9.17, 15) is 14.0 Å². The molecule has 210 valence electrons. The van der Waals surface area contributed by atoms with E-state index in [1.165, 1.54) is 43.4 Å². The number of carbonyl (C=O) groups excluding carboxylic acids is 2. The molecule has 0 unspecified atom stereocenters. The van der Waals surface area contributed by atoms with Crippen molar-refractivity contribution >= 4 is 17.5 Å². The summed E-state index contributed by atoms with van der Waals surface area (Å²) < 4.78 is 30.0. The molecule has 40 heavy (non-hydrogen) atoms. The van der Waals surface area contributed by atoms with Gasteiger partial charge in [-0.1, -0.05) is 0 Å². The molecule has 12 heteroatoms. The van der Waals surface area contributed by atoms with Crippen molar-refractivity contribution in [2.75, 3.05) is 19.1 Å². The molecule has 0 saturated carbocycles. The van der Waals surface area contributed by atoms with Crippen LogP contribution in [0.2, 0.25) is 0 Å². The van der Waals surface area contributed by atoms with Crippen LogP contribution in [0.15, 0.2) is 59.0 Å². The van der Waals surface area contributed by atoms with E-state index in [-0.39, 0.29) is 18.1 Å². The number of amides is 2. The summed E-state index contributed by atoms with van der Waals surface area (Å²) in [5, 5.41) is 15.2. The zero-order chi connectivity index (χ0) is 29.0. The van der Waals surface area contributed by atoms with Gasteiger partial charge in [-0.15, -0.1) is 10.2 Å². The van der Waals surface area contributed by atoms with Gasteiger partial charge in [0.05, 0.1) is 14.2 Å². The van der Waals surface area contributed by atoms with Crippen molar-refractivity contribution in [1.82, 2.24) is 25.5 Å². The minimum atomic E-state index is -1.18. The van der Waals surface area contributed by atoms with E-state index < -0.39 is 29.2 Å². The third kappa shape index (κ3) is 6.45. The number of ether oxygens (including phenoxy) is 2. The molecule has 1 atom stereocenters. The summed E-state index contributed by atoms with van der Waals surface area (Å²) in [6, 6.07) is 12.7. The Morgan fingerprint density at radius 2 is 1.75 bits per heavy atom. The summed E-state index contributed by atoms with van der Waals surface area (Å²) in [5.41, 5.74) is 0.288. The van der Waals surface area contributed by atoms with Crippen molar-refractivity contribution in [1.29, 1.82) is 0 Å². The number of aryl methyl sites for hydroxylation is 1. The van der Waals surface area contributed by atoms with Crippen molar-refractivity contribution < 1.29 is 27.9 Å². The second kappa shape index (κ2) is 11.6. The lowest BCUT2D eigenvalue weighted by Gasteiger charge is -2.32. The molecule has 0 spiro atoms. The maximum Gasteiger partial charge on any atom is 0.251 e. The van der Waals surface area contributed by atoms with Gasteiger partial charge in [0.15, 0.2) is 17.5 Å². The first kappa shape index (κ1) is 28.3. The Bertz CT molecular complexity index is 1490. The number of furan rings is 1. The predicted molar refractivity (Wildman–Crippen MR) is 144 cm³/mol. The van der Waals surface area contributed by atoms with Crippen molar-refractivity contribution in [3.8, 4) is 22.9 Å². The number of nitrogens with zero attached hydrogens (tertiary/aromatic N) is 5. The summed E-state index contributed by atoms with van der Waals surface area (Å²) in [5.74, 6) is 0.484. The van der Waals surface area contributed by atoms with Crippen molar-refractivity contribution in [3.05, 3.63) is 71.9 Å². The molecule has 0 fully saturated rings. The van der Waals surface area contributed by atoms with Gasteiger partial charge in [0.1, 0.15) is 23.9 Å². The molecule has 1 N–H and O–H groups in total. The standard InChI is InChI=1S/C28H31FN6O5/c1-17-7-13-22(40-17)25(27(37)30-28(2,3)4)35(20-12-14-21(38-5)23(15-20)39-6)24(36)16-34-32-26(31-33-34)18-8-10-19(29)11-9-18/h7-15,25H,16H2,1-6H3,(H,30,37)/t25-/m1/s1. The lowest BCUT2D eigenvalue weighted by molar-refractivity contribution is -0.128. The van der Waals surface area contributed by atoms with Crippen LogP contribution in [-0.2, 0) is 16.1 Å². The van der Waals surface area contributed by atoms with Gasteiger partial charge in [0, 0.05) is 22.9 Å². The first-order valence-electron chi connectivity index (χ1n) is 12.5. The second-order valence-electron chi connectivity index (χ2n) is 10.0. The molecule has 2 heterocycles. The molecule has 2 amide bonds. The van der Waals surface area contributed by atoms with Gasteiger partial charge in [-0.05, 0) is 81.4 Å². The molecular formula is C28H31FN6O5. The number of tetrazole rings is 1. The molecule has 0 saturated heterocycles. The van der Waals surface area contributed by atoms with E-state index in [0.29, 0.717) is 28.5 Å². The first-order chi connectivity index (χ1) is 19.0. The summed E-state index contributed by atoms with van der Waals surface area (Å²) >= 11 is 0. The summed E-state index contributed by atoms with van der Waals surface area (Å²) in [6.45, 7) is 6.92. The van der Waals surface area contributed by atoms with Gasteiger partial charge in [-0.25, -0.2) is 4.39 Å². The molecule has 2 aromatic carbocycles. The Balaban J connectivity index is 1.77. The van der Waals surface area contributed by atoms with Crippen LogP contribution in [0.25, 0.3) is 11.4 Å². The third-order valence-electron chi connectivity index (χ3n) is 5.78. The number of halogens is 1. The molecule has 0 aliphatic heterocycles. The Kier molecular flexibility index (Phi) is 8.17. The van der Waals surface area contributed by atoms with Gasteiger partial charge in [-0.3, -0.25) is 14.5 Å². The minimum absolute atomic E-state index is 0.217. The van der Waals surface area contributed by atoms with Crippen LogP contribution in [0, 0.1) is 12.7 Å². The molecule has 4 rings (SSSR count). The maximum atomic E-state index is 14.0. The Hall–Kier alpha value is -4.74. The number of hydrogen-bond acceptors (Lipinski definition) is 8. The highest BCUT2D eigenvalue weighted by Crippen LogP contribution is 2.36. The normalized spacial score (nSPS) is 12.1. The SMILES string of the molecule is COc1ccc(N(C(=O)Cn2nnc(-c3ccc(F)cc3)n2)[C@@H](C(=O)NC(C)(C)C)c2ccc(C)o2)cc1OC. The minimum Gasteiger partial charge on any atom is -0.493 e. The zero-order valence-corrected chi connectivity index (χ0v) is 23.1. The van der Waals surface area contributed by atoms with Crippen molar-refractivity contribution in [2.24, 2.45) is 0 Å². The van der Waals surface area contributed by atoms with Crippen LogP contribution >= 0.6 is 0 Å². The molecule has 0 radical (unpaired) electrons. The molecule has 11 nitrogen and oxygen atoms in total. The van der Waals surface area contributed by atoms with Crippen LogP contribution in [0.3, 0.4) is 0 Å². The number of aromatic nitrogens is 4. The van der Waals surface area contributed by atoms with Gasteiger partial charge in [0.25, 0.3) is 11.8 Å². The number of nitrogens with one attached hydrogen (secondary N) is 1. The molecule has 2 aromatic heterocycles. The van der Waals surface area contributed by atoms with Crippen LogP contribution in [0.4, 0.5) is 10.1 Å². The highest BCUT2D eigenvalue weighted by atomic mass is 19.1. The molecule has 4 aromatic rings. The summed E-state index contributed by atoms with van der Waals surface area (Å²) in [7, 11) is 2.98. The zero-order valence-electron chi connectivity index (χ0n) is 23.1. The first-order valence-corrected chi connectivity index (χ1v) is 12.5. The van der Waals surface area contributed by atoms with E-state index >= 15 is 0 Å². The summed E-state index contributed by atoms with van der Waals surface area (Å²) in [4.78, 5) is 30.2. The van der Waals surface area contributed by atoms with E-state index in [1.807, 2.05) is 20.8 Å². The molecular weight excluding hydrogens is 519 g/mol. The van der Waals surface area contributed by atoms with Crippen molar-refractivity contribution in [3.63, 3.8) is 0 Å². The van der Waals surface area contributed by atoms with Crippen LogP contribution < -0.4 is 19.7 Å². The quantitative estimate of drug-likeness (QED) is 0.331. The maximum absolute atomic E-state index is 14.0. The number of rotatable bonds is 9. The van der Waals surface area contributed by atoms with Crippen molar-refractivity contribution in [2.45, 2.75) is 45.8 Å². The highest BCUT2D eigenvalue weighted by Gasteiger charge is 2.37. The average molecular weight is 551 g/mol.